The molecule has 0 aliphatic heterocycles. The summed E-state index contributed by atoms with van der Waals surface area (Å²) in [5, 5.41) is 7.69. The Morgan fingerprint density at radius 2 is 1.74 bits per heavy atom. The number of allylic oxidation sites excluding steroid dienone is 2. The van der Waals surface area contributed by atoms with Crippen molar-refractivity contribution in [3.05, 3.63) is 83.1 Å². The fourth-order valence-electron chi connectivity index (χ4n) is 3.44. The fraction of sp³-hybridized carbons (Fsp3) is 0.190. The zero-order valence-electron chi connectivity index (χ0n) is 13.3. The van der Waals surface area contributed by atoms with Gasteiger partial charge in [-0.2, -0.15) is 5.10 Å². The Morgan fingerprint density at radius 1 is 0.957 bits per heavy atom. The summed E-state index contributed by atoms with van der Waals surface area (Å²) in [6.45, 7) is 2.12. The van der Waals surface area contributed by atoms with Gasteiger partial charge in [0, 0.05) is 16.8 Å². The lowest BCUT2D eigenvalue weighted by atomic mass is 9.97. The number of benzene rings is 2. The summed E-state index contributed by atoms with van der Waals surface area (Å²) < 4.78 is 0. The molecule has 0 bridgehead atoms. The Labute approximate surface area is 136 Å². The Morgan fingerprint density at radius 3 is 2.61 bits per heavy atom. The first-order chi connectivity index (χ1) is 11.3. The molecule has 3 aromatic rings. The van der Waals surface area contributed by atoms with Crippen LogP contribution in [0.5, 0.6) is 0 Å². The number of aromatic nitrogens is 2. The number of aromatic amines is 1. The average molecular weight is 300 g/mol. The predicted octanol–water partition coefficient (Wildman–Crippen LogP) is 4.96. The van der Waals surface area contributed by atoms with E-state index in [9.17, 15) is 0 Å². The number of H-pyrrole nitrogens is 1. The van der Waals surface area contributed by atoms with E-state index in [4.69, 9.17) is 0 Å². The molecule has 1 aromatic heterocycles. The first-order valence-electron chi connectivity index (χ1n) is 8.19. The van der Waals surface area contributed by atoms with Crippen LogP contribution in [0.25, 0.3) is 16.8 Å². The Hall–Kier alpha value is -2.61. The largest absolute Gasteiger partial charge is 0.282 e. The van der Waals surface area contributed by atoms with Gasteiger partial charge in [-0.25, -0.2) is 0 Å². The summed E-state index contributed by atoms with van der Waals surface area (Å²) in [6.07, 6.45) is 5.54. The van der Waals surface area contributed by atoms with Crippen molar-refractivity contribution in [2.75, 3.05) is 0 Å². The number of aryl methyl sites for hydroxylation is 1. The van der Waals surface area contributed by atoms with Gasteiger partial charge in [0.05, 0.1) is 5.69 Å². The normalized spacial score (nSPS) is 13.0. The molecule has 2 nitrogen and oxygen atoms in total. The molecule has 0 fully saturated rings. The summed E-state index contributed by atoms with van der Waals surface area (Å²) >= 11 is 0. The Bertz CT molecular complexity index is 857. The maximum absolute atomic E-state index is 4.53. The zero-order chi connectivity index (χ0) is 15.6. The highest BCUT2D eigenvalue weighted by atomic mass is 15.1. The second kappa shape index (κ2) is 5.88. The van der Waals surface area contributed by atoms with Gasteiger partial charge in [0.1, 0.15) is 0 Å². The SMILES string of the molecule is Cc1[nH]nc(-c2ccccc2)c1CCC1=CCc2ccccc21. The molecule has 2 heteroatoms. The molecule has 0 unspecified atom stereocenters. The van der Waals surface area contributed by atoms with E-state index >= 15 is 0 Å². The third-order valence-electron chi connectivity index (χ3n) is 4.70. The van der Waals surface area contributed by atoms with Crippen molar-refractivity contribution in [2.24, 2.45) is 0 Å². The van der Waals surface area contributed by atoms with Gasteiger partial charge in [0.15, 0.2) is 0 Å². The van der Waals surface area contributed by atoms with Crippen LogP contribution in [-0.4, -0.2) is 10.2 Å². The average Bonchev–Trinajstić information content (AvgIpc) is 3.17. The number of nitrogens with one attached hydrogen (secondary N) is 1. The minimum Gasteiger partial charge on any atom is -0.282 e. The van der Waals surface area contributed by atoms with Crippen LogP contribution < -0.4 is 0 Å². The van der Waals surface area contributed by atoms with Crippen molar-refractivity contribution in [3.63, 3.8) is 0 Å². The molecule has 114 valence electrons. The monoisotopic (exact) mass is 300 g/mol. The quantitative estimate of drug-likeness (QED) is 0.725. The number of nitrogens with zero attached hydrogens (tertiary/aromatic N) is 1. The first kappa shape index (κ1) is 14.0. The van der Waals surface area contributed by atoms with E-state index in [0.717, 1.165) is 25.0 Å². The van der Waals surface area contributed by atoms with E-state index < -0.39 is 0 Å². The highest BCUT2D eigenvalue weighted by Crippen LogP contribution is 2.32. The van der Waals surface area contributed by atoms with Crippen molar-refractivity contribution < 1.29 is 0 Å². The second-order valence-electron chi connectivity index (χ2n) is 6.13. The number of fused-ring (bicyclic) bond motifs is 1. The first-order valence-corrected chi connectivity index (χ1v) is 8.19. The van der Waals surface area contributed by atoms with Crippen molar-refractivity contribution in [2.45, 2.75) is 26.2 Å². The maximum atomic E-state index is 4.53. The third kappa shape index (κ3) is 2.61. The summed E-state index contributed by atoms with van der Waals surface area (Å²) in [4.78, 5) is 0. The molecule has 0 saturated carbocycles. The van der Waals surface area contributed by atoms with Crippen LogP contribution >= 0.6 is 0 Å². The van der Waals surface area contributed by atoms with Crippen molar-refractivity contribution in [3.8, 4) is 11.3 Å². The molecule has 0 radical (unpaired) electrons. The standard InChI is InChI=1S/C21H20N2/c1-15-19(21(23-22-15)18-8-3-2-4-9-18)14-13-17-12-11-16-7-5-6-10-20(16)17/h2-10,12H,11,13-14H2,1H3,(H,22,23). The molecule has 2 aromatic carbocycles. The molecular formula is C21H20N2. The van der Waals surface area contributed by atoms with Crippen LogP contribution in [0, 0.1) is 6.92 Å². The summed E-state index contributed by atoms with van der Waals surface area (Å²) in [7, 11) is 0. The lowest BCUT2D eigenvalue weighted by Gasteiger charge is -2.07. The molecule has 23 heavy (non-hydrogen) atoms. The van der Waals surface area contributed by atoms with Crippen molar-refractivity contribution in [1.82, 2.24) is 10.2 Å². The van der Waals surface area contributed by atoms with Gasteiger partial charge in [0.2, 0.25) is 0 Å². The van der Waals surface area contributed by atoms with E-state index in [0.29, 0.717) is 0 Å². The van der Waals surface area contributed by atoms with Gasteiger partial charge in [-0.05, 0) is 42.9 Å². The lowest BCUT2D eigenvalue weighted by Crippen LogP contribution is -1.92. The molecule has 0 spiro atoms. The number of hydrogen-bond donors (Lipinski definition) is 1. The zero-order valence-corrected chi connectivity index (χ0v) is 13.3. The molecule has 1 heterocycles. The Kier molecular flexibility index (Phi) is 3.58. The van der Waals surface area contributed by atoms with E-state index in [1.165, 1.54) is 33.5 Å². The van der Waals surface area contributed by atoms with Gasteiger partial charge in [0.25, 0.3) is 0 Å². The van der Waals surface area contributed by atoms with Crippen molar-refractivity contribution in [1.29, 1.82) is 0 Å². The van der Waals surface area contributed by atoms with Crippen LogP contribution in [0.3, 0.4) is 0 Å². The van der Waals surface area contributed by atoms with Gasteiger partial charge in [-0.1, -0.05) is 60.7 Å². The molecule has 0 atom stereocenters. The second-order valence-corrected chi connectivity index (χ2v) is 6.13. The van der Waals surface area contributed by atoms with Gasteiger partial charge >= 0.3 is 0 Å². The van der Waals surface area contributed by atoms with E-state index in [1.807, 2.05) is 6.07 Å². The van der Waals surface area contributed by atoms with Gasteiger partial charge in [-0.3, -0.25) is 5.10 Å². The topological polar surface area (TPSA) is 28.7 Å². The van der Waals surface area contributed by atoms with Crippen LogP contribution in [-0.2, 0) is 12.8 Å². The lowest BCUT2D eigenvalue weighted by molar-refractivity contribution is 0.997. The maximum Gasteiger partial charge on any atom is 0.0955 e. The smallest absolute Gasteiger partial charge is 0.0955 e. The van der Waals surface area contributed by atoms with Crippen LogP contribution in [0.15, 0.2) is 60.7 Å². The minimum atomic E-state index is 1.02. The molecule has 0 amide bonds. The number of hydrogen-bond acceptors (Lipinski definition) is 1. The summed E-state index contributed by atoms with van der Waals surface area (Å²) in [5.41, 5.74) is 9.14. The Balaban J connectivity index is 1.58. The molecule has 1 N–H and O–H groups in total. The van der Waals surface area contributed by atoms with Gasteiger partial charge < -0.3 is 0 Å². The highest BCUT2D eigenvalue weighted by molar-refractivity contribution is 5.73. The van der Waals surface area contributed by atoms with Gasteiger partial charge in [-0.15, -0.1) is 0 Å². The predicted molar refractivity (Wildman–Crippen MR) is 95.2 cm³/mol. The summed E-state index contributed by atoms with van der Waals surface area (Å²) in [5.74, 6) is 0. The van der Waals surface area contributed by atoms with Crippen LogP contribution in [0.4, 0.5) is 0 Å². The van der Waals surface area contributed by atoms with Crippen LogP contribution in [0.1, 0.15) is 28.8 Å². The highest BCUT2D eigenvalue weighted by Gasteiger charge is 2.16. The van der Waals surface area contributed by atoms with E-state index in [2.05, 4.69) is 71.7 Å². The molecule has 4 rings (SSSR count). The molecule has 0 saturated heterocycles. The number of rotatable bonds is 4. The summed E-state index contributed by atoms with van der Waals surface area (Å²) in [6, 6.07) is 19.2. The van der Waals surface area contributed by atoms with Crippen LogP contribution in [0.2, 0.25) is 0 Å². The molecule has 1 aliphatic rings. The minimum absolute atomic E-state index is 1.02. The van der Waals surface area contributed by atoms with E-state index in [-0.39, 0.29) is 0 Å². The van der Waals surface area contributed by atoms with Crippen molar-refractivity contribution >= 4 is 5.57 Å². The molecule has 1 aliphatic carbocycles. The fourth-order valence-corrected chi connectivity index (χ4v) is 3.44. The molecular weight excluding hydrogens is 280 g/mol. The third-order valence-corrected chi connectivity index (χ3v) is 4.70. The van der Waals surface area contributed by atoms with E-state index in [1.54, 1.807) is 0 Å².